The van der Waals surface area contributed by atoms with Crippen LogP contribution in [0.4, 0.5) is 0 Å². The molecule has 0 spiro atoms. The van der Waals surface area contributed by atoms with Gasteiger partial charge in [0.25, 0.3) is 0 Å². The fourth-order valence-corrected chi connectivity index (χ4v) is 3.98. The van der Waals surface area contributed by atoms with Crippen LogP contribution in [0.25, 0.3) is 0 Å². The average molecular weight is 354 g/mol. The molecule has 1 aromatic rings. The van der Waals surface area contributed by atoms with Gasteiger partial charge in [-0.2, -0.15) is 0 Å². The van der Waals surface area contributed by atoms with Crippen LogP contribution >= 0.6 is 0 Å². The summed E-state index contributed by atoms with van der Waals surface area (Å²) in [6.07, 6.45) is 7.12. The molecule has 1 heterocycles. The molecule has 3 N–H and O–H groups in total. The van der Waals surface area contributed by atoms with Gasteiger partial charge in [0.1, 0.15) is 0 Å². The number of benzene rings is 1. The summed E-state index contributed by atoms with van der Waals surface area (Å²) in [5, 5.41) is 3.17. The first-order valence-electron chi connectivity index (χ1n) is 9.76. The van der Waals surface area contributed by atoms with E-state index < -0.39 is 0 Å². The summed E-state index contributed by atoms with van der Waals surface area (Å²) in [4.78, 5) is 15.0. The lowest BCUT2D eigenvalue weighted by atomic mass is 9.88. The van der Waals surface area contributed by atoms with Gasteiger partial charge < -0.3 is 16.0 Å². The van der Waals surface area contributed by atoms with Crippen LogP contribution in [0.1, 0.15) is 50.5 Å². The first kappa shape index (κ1) is 18.7. The van der Waals surface area contributed by atoms with Gasteiger partial charge in [-0.3, -0.25) is 4.79 Å². The molecule has 1 aliphatic heterocycles. The number of likely N-dealkylation sites (tertiary alicyclic amines) is 1. The van der Waals surface area contributed by atoms with Crippen LogP contribution in [0, 0.1) is 5.92 Å². The van der Waals surface area contributed by atoms with Crippen LogP contribution in [-0.2, 0) is 4.79 Å². The number of carbonyl (C=O) groups is 1. The highest BCUT2D eigenvalue weighted by Gasteiger charge is 2.25. The fourth-order valence-electron chi connectivity index (χ4n) is 3.98. The predicted octanol–water partition coefficient (Wildman–Crippen LogP) is 3.53. The van der Waals surface area contributed by atoms with Crippen LogP contribution in [0.2, 0.25) is 0 Å². The van der Waals surface area contributed by atoms with Gasteiger partial charge in [-0.05, 0) is 70.3 Å². The molecular formula is C22H31N3O. The maximum absolute atomic E-state index is 12.8. The van der Waals surface area contributed by atoms with E-state index in [1.54, 1.807) is 0 Å². The van der Waals surface area contributed by atoms with E-state index in [4.69, 9.17) is 5.73 Å². The maximum Gasteiger partial charge on any atom is 0.227 e. The number of hydrogen-bond acceptors (Lipinski definition) is 3. The lowest BCUT2D eigenvalue weighted by Gasteiger charge is -2.29. The van der Waals surface area contributed by atoms with Crippen LogP contribution < -0.4 is 11.1 Å². The van der Waals surface area contributed by atoms with Gasteiger partial charge in [0.05, 0.1) is 11.4 Å². The average Bonchev–Trinajstić information content (AvgIpc) is 2.65. The Kier molecular flexibility index (Phi) is 6.15. The quantitative estimate of drug-likeness (QED) is 0.874. The van der Waals surface area contributed by atoms with Crippen LogP contribution in [0.5, 0.6) is 0 Å². The minimum atomic E-state index is 0.0923. The Balaban J connectivity index is 1.76. The van der Waals surface area contributed by atoms with Crippen molar-refractivity contribution in [2.45, 2.75) is 44.9 Å². The predicted molar refractivity (Wildman–Crippen MR) is 106 cm³/mol. The van der Waals surface area contributed by atoms with E-state index in [9.17, 15) is 4.79 Å². The van der Waals surface area contributed by atoms with Crippen molar-refractivity contribution in [2.75, 3.05) is 20.1 Å². The van der Waals surface area contributed by atoms with E-state index in [2.05, 4.69) is 54.5 Å². The largest absolute Gasteiger partial charge is 0.397 e. The summed E-state index contributed by atoms with van der Waals surface area (Å²) in [7, 11) is 2.11. The Hall–Kier alpha value is -2.07. The van der Waals surface area contributed by atoms with Crippen molar-refractivity contribution in [3.05, 3.63) is 58.9 Å². The van der Waals surface area contributed by atoms with Gasteiger partial charge in [0.15, 0.2) is 0 Å². The zero-order valence-electron chi connectivity index (χ0n) is 16.0. The van der Waals surface area contributed by atoms with Gasteiger partial charge >= 0.3 is 0 Å². The number of nitrogens with one attached hydrogen (secondary N) is 1. The van der Waals surface area contributed by atoms with E-state index in [-0.39, 0.29) is 11.8 Å². The van der Waals surface area contributed by atoms with E-state index in [0.717, 1.165) is 50.9 Å². The molecule has 1 aliphatic carbocycles. The van der Waals surface area contributed by atoms with Crippen molar-refractivity contribution in [3.8, 4) is 0 Å². The fraction of sp³-hybridized carbons (Fsp3) is 0.500. The minimum absolute atomic E-state index is 0.0923. The minimum Gasteiger partial charge on any atom is -0.397 e. The number of nitrogens with two attached hydrogens (primary N) is 1. The molecule has 3 rings (SSSR count). The van der Waals surface area contributed by atoms with Gasteiger partial charge in [-0.25, -0.2) is 0 Å². The van der Waals surface area contributed by atoms with Crippen molar-refractivity contribution in [2.24, 2.45) is 11.7 Å². The third-order valence-electron chi connectivity index (χ3n) is 5.73. The van der Waals surface area contributed by atoms with Gasteiger partial charge in [-0.1, -0.05) is 36.4 Å². The van der Waals surface area contributed by atoms with Crippen molar-refractivity contribution in [1.29, 1.82) is 0 Å². The summed E-state index contributed by atoms with van der Waals surface area (Å²) >= 11 is 0. The summed E-state index contributed by atoms with van der Waals surface area (Å²) < 4.78 is 0. The lowest BCUT2D eigenvalue weighted by Crippen LogP contribution is -2.39. The summed E-state index contributed by atoms with van der Waals surface area (Å²) in [5.74, 6) is 0.523. The summed E-state index contributed by atoms with van der Waals surface area (Å²) in [6.45, 7) is 4.06. The molecule has 0 radical (unpaired) electrons. The van der Waals surface area contributed by atoms with Gasteiger partial charge in [-0.15, -0.1) is 0 Å². The van der Waals surface area contributed by atoms with Crippen molar-refractivity contribution in [1.82, 2.24) is 10.2 Å². The first-order valence-corrected chi connectivity index (χ1v) is 9.76. The molecule has 4 heteroatoms. The zero-order valence-corrected chi connectivity index (χ0v) is 16.0. The zero-order chi connectivity index (χ0) is 18.5. The van der Waals surface area contributed by atoms with Gasteiger partial charge in [0, 0.05) is 11.8 Å². The van der Waals surface area contributed by atoms with Crippen molar-refractivity contribution in [3.63, 3.8) is 0 Å². The molecule has 26 heavy (non-hydrogen) atoms. The van der Waals surface area contributed by atoms with Crippen LogP contribution in [0.15, 0.2) is 53.4 Å². The Morgan fingerprint density at radius 1 is 1.15 bits per heavy atom. The number of carbonyl (C=O) groups excluding carboxylic acids is 1. The molecule has 0 saturated carbocycles. The monoisotopic (exact) mass is 353 g/mol. The molecule has 1 fully saturated rings. The molecule has 1 amide bonds. The Morgan fingerprint density at radius 3 is 2.54 bits per heavy atom. The summed E-state index contributed by atoms with van der Waals surface area (Å²) in [6, 6.07) is 10.5. The van der Waals surface area contributed by atoms with Crippen molar-refractivity contribution < 1.29 is 4.79 Å². The maximum atomic E-state index is 12.8. The second-order valence-electron chi connectivity index (χ2n) is 7.75. The third-order valence-corrected chi connectivity index (χ3v) is 5.73. The highest BCUT2D eigenvalue weighted by atomic mass is 16.1. The normalized spacial score (nSPS) is 27.9. The van der Waals surface area contributed by atoms with Crippen molar-refractivity contribution >= 4 is 5.91 Å². The highest BCUT2D eigenvalue weighted by Crippen LogP contribution is 2.30. The van der Waals surface area contributed by atoms with E-state index >= 15 is 0 Å². The Labute approximate surface area is 157 Å². The van der Waals surface area contributed by atoms with E-state index in [0.29, 0.717) is 11.6 Å². The topological polar surface area (TPSA) is 58.4 Å². The number of nitrogens with zero attached hydrogens (tertiary/aromatic N) is 1. The molecule has 1 atom stereocenters. The second-order valence-corrected chi connectivity index (χ2v) is 7.75. The molecular weight excluding hydrogens is 322 g/mol. The molecule has 0 bridgehead atoms. The molecule has 140 valence electrons. The standard InChI is InChI=1S/C22H31N3O/c1-16-7-6-10-19(17-8-4-3-5-9-17)15-20(23)21(16)24-22(26)18-11-13-25(2)14-12-18/h3-5,8-9,15,18-19H,6-7,10-14,23H2,1-2H3,(H,24,26)/b20-15+,21-16+. The number of amides is 1. The van der Waals surface area contributed by atoms with E-state index in [1.807, 2.05) is 6.07 Å². The second kappa shape index (κ2) is 8.54. The lowest BCUT2D eigenvalue weighted by molar-refractivity contribution is -0.125. The molecule has 2 aliphatic rings. The SMILES string of the molecule is C/C1=C(NC(=O)C2CCN(C)CC2)/C(N)=C\C(c2ccccc2)CCC1. The molecule has 1 saturated heterocycles. The molecule has 0 aromatic heterocycles. The van der Waals surface area contributed by atoms with E-state index in [1.165, 1.54) is 11.1 Å². The Morgan fingerprint density at radius 2 is 1.85 bits per heavy atom. The number of piperidine rings is 1. The smallest absolute Gasteiger partial charge is 0.227 e. The Bertz CT molecular complexity index is 685. The third kappa shape index (κ3) is 4.55. The van der Waals surface area contributed by atoms with Crippen LogP contribution in [-0.4, -0.2) is 30.9 Å². The van der Waals surface area contributed by atoms with Gasteiger partial charge in [0.2, 0.25) is 5.91 Å². The highest BCUT2D eigenvalue weighted by molar-refractivity contribution is 5.81. The molecule has 4 nitrogen and oxygen atoms in total. The number of rotatable bonds is 3. The number of hydrogen-bond donors (Lipinski definition) is 2. The molecule has 1 aromatic carbocycles. The number of allylic oxidation sites excluding steroid dienone is 2. The van der Waals surface area contributed by atoms with Crippen LogP contribution in [0.3, 0.4) is 0 Å². The molecule has 1 unspecified atom stereocenters. The first-order chi connectivity index (χ1) is 12.5. The summed E-state index contributed by atoms with van der Waals surface area (Å²) in [5.41, 5.74) is 10.5.